The quantitative estimate of drug-likeness (QED) is 0.684. The predicted molar refractivity (Wildman–Crippen MR) is 74.6 cm³/mol. The van der Waals surface area contributed by atoms with Crippen molar-refractivity contribution in [3.63, 3.8) is 0 Å². The lowest BCUT2D eigenvalue weighted by molar-refractivity contribution is -0.00973. The van der Waals surface area contributed by atoms with Crippen LogP contribution in [0.5, 0.6) is 0 Å². The Morgan fingerprint density at radius 3 is 2.57 bits per heavy atom. The number of nitrogen functional groups attached to an aromatic ring is 1. The van der Waals surface area contributed by atoms with E-state index in [4.69, 9.17) is 19.5 Å². The highest BCUT2D eigenvalue weighted by Gasteiger charge is 2.36. The zero-order chi connectivity index (χ0) is 15.9. The Morgan fingerprint density at radius 1 is 1.43 bits per heavy atom. The van der Waals surface area contributed by atoms with E-state index in [1.807, 2.05) is 0 Å². The van der Waals surface area contributed by atoms with Gasteiger partial charge < -0.3 is 19.5 Å². The fourth-order valence-corrected chi connectivity index (χ4v) is 2.78. The maximum atomic E-state index is 13.8. The molecular formula is C11H19FN3O5P. The molecule has 0 bridgehead atoms. The Bertz CT molecular complexity index is 543. The number of aromatic nitrogens is 2. The van der Waals surface area contributed by atoms with Crippen LogP contribution in [0, 0.1) is 0 Å². The third kappa shape index (κ3) is 5.20. The van der Waals surface area contributed by atoms with Crippen molar-refractivity contribution >= 4 is 13.4 Å². The van der Waals surface area contributed by atoms with Crippen LogP contribution < -0.4 is 11.4 Å². The number of nitrogens with two attached hydrogens (primary N) is 1. The zero-order valence-corrected chi connectivity index (χ0v) is 12.8. The first-order valence-corrected chi connectivity index (χ1v) is 8.01. The van der Waals surface area contributed by atoms with Crippen LogP contribution >= 0.6 is 7.60 Å². The van der Waals surface area contributed by atoms with E-state index in [0.29, 0.717) is 0 Å². The fourth-order valence-electron chi connectivity index (χ4n) is 1.47. The Morgan fingerprint density at radius 2 is 2.05 bits per heavy atom. The van der Waals surface area contributed by atoms with Crippen molar-refractivity contribution in [1.29, 1.82) is 0 Å². The van der Waals surface area contributed by atoms with E-state index < -0.39 is 19.4 Å². The molecule has 0 aromatic carbocycles. The summed E-state index contributed by atoms with van der Waals surface area (Å²) in [7, 11) is -3.96. The number of hydrogen-bond acceptors (Lipinski definition) is 7. The molecule has 0 radical (unpaired) electrons. The number of alkyl halides is 1. The highest BCUT2D eigenvalue weighted by molar-refractivity contribution is 7.54. The van der Waals surface area contributed by atoms with E-state index in [0.717, 1.165) is 0 Å². The molecule has 0 aliphatic rings. The molecule has 1 rings (SSSR count). The smallest absolute Gasteiger partial charge is 0.383 e. The third-order valence-electron chi connectivity index (χ3n) is 2.35. The standard InChI is InChI=1S/C11H19FN3O5P/c1-3-19-21(17,20-4-2)10(12)18-8-7-15-6-5-9(13)14-11(15)16/h5-6,10H,3-4,7-8H2,1-2H3,(H2,13,14,16). The number of anilines is 1. The first kappa shape index (κ1) is 17.8. The second-order valence-corrected chi connectivity index (χ2v) is 5.87. The molecule has 21 heavy (non-hydrogen) atoms. The van der Waals surface area contributed by atoms with Gasteiger partial charge in [-0.15, -0.1) is 0 Å². The van der Waals surface area contributed by atoms with Crippen molar-refractivity contribution in [3.8, 4) is 0 Å². The third-order valence-corrected chi connectivity index (χ3v) is 4.23. The number of nitrogens with zero attached hydrogens (tertiary/aromatic N) is 2. The summed E-state index contributed by atoms with van der Waals surface area (Å²) in [5.74, 6) is 0.0951. The van der Waals surface area contributed by atoms with Gasteiger partial charge in [-0.1, -0.05) is 0 Å². The average Bonchev–Trinajstić information content (AvgIpc) is 2.41. The molecule has 0 spiro atoms. The number of rotatable bonds is 9. The lowest BCUT2D eigenvalue weighted by Gasteiger charge is -2.20. The van der Waals surface area contributed by atoms with Crippen molar-refractivity contribution in [2.75, 3.05) is 25.6 Å². The van der Waals surface area contributed by atoms with Gasteiger partial charge in [0.05, 0.1) is 26.4 Å². The molecule has 1 heterocycles. The Kier molecular flexibility index (Phi) is 6.97. The number of ether oxygens (including phenoxy) is 1. The molecule has 0 fully saturated rings. The molecule has 1 unspecified atom stereocenters. The Balaban J connectivity index is 2.57. The lowest BCUT2D eigenvalue weighted by atomic mass is 10.5. The van der Waals surface area contributed by atoms with E-state index in [-0.39, 0.29) is 32.2 Å². The van der Waals surface area contributed by atoms with Crippen LogP contribution in [0.4, 0.5) is 10.2 Å². The fraction of sp³-hybridized carbons (Fsp3) is 0.636. The van der Waals surface area contributed by atoms with Gasteiger partial charge in [0, 0.05) is 6.20 Å². The zero-order valence-electron chi connectivity index (χ0n) is 11.9. The van der Waals surface area contributed by atoms with Crippen molar-refractivity contribution in [2.24, 2.45) is 0 Å². The SMILES string of the molecule is CCOP(=O)(OCC)C(F)OCCn1ccc(N)nc1=O. The number of hydrogen-bond donors (Lipinski definition) is 1. The van der Waals surface area contributed by atoms with Gasteiger partial charge in [0.2, 0.25) is 0 Å². The van der Waals surface area contributed by atoms with Gasteiger partial charge in [0.1, 0.15) is 5.82 Å². The minimum atomic E-state index is -3.96. The lowest BCUT2D eigenvalue weighted by Crippen LogP contribution is -2.26. The monoisotopic (exact) mass is 323 g/mol. The van der Waals surface area contributed by atoms with Crippen molar-refractivity contribution in [1.82, 2.24) is 9.55 Å². The van der Waals surface area contributed by atoms with Crippen LogP contribution in [0.1, 0.15) is 13.8 Å². The van der Waals surface area contributed by atoms with Gasteiger partial charge in [-0.25, -0.2) is 9.18 Å². The topological polar surface area (TPSA) is 106 Å². The maximum Gasteiger partial charge on any atom is 0.391 e. The van der Waals surface area contributed by atoms with Gasteiger partial charge in [-0.3, -0.25) is 9.13 Å². The maximum absolute atomic E-state index is 13.8. The van der Waals surface area contributed by atoms with Crippen LogP contribution in [-0.4, -0.2) is 35.5 Å². The van der Waals surface area contributed by atoms with Gasteiger partial charge >= 0.3 is 19.4 Å². The van der Waals surface area contributed by atoms with Gasteiger partial charge in [-0.2, -0.15) is 4.98 Å². The van der Waals surface area contributed by atoms with Crippen LogP contribution in [0.25, 0.3) is 0 Å². The van der Waals surface area contributed by atoms with E-state index in [9.17, 15) is 13.8 Å². The van der Waals surface area contributed by atoms with E-state index in [2.05, 4.69) is 4.98 Å². The number of halogens is 1. The summed E-state index contributed by atoms with van der Waals surface area (Å²) < 4.78 is 41.5. The molecule has 0 saturated heterocycles. The predicted octanol–water partition coefficient (Wildman–Crippen LogP) is 1.36. The first-order valence-electron chi connectivity index (χ1n) is 6.40. The Hall–Kier alpha value is -1.28. The first-order chi connectivity index (χ1) is 9.92. The van der Waals surface area contributed by atoms with Crippen LogP contribution in [0.3, 0.4) is 0 Å². The van der Waals surface area contributed by atoms with Crippen LogP contribution in [-0.2, 0) is 24.9 Å². The highest BCUT2D eigenvalue weighted by Crippen LogP contribution is 2.53. The van der Waals surface area contributed by atoms with E-state index >= 15 is 0 Å². The molecule has 120 valence electrons. The van der Waals surface area contributed by atoms with Crippen LogP contribution in [0.2, 0.25) is 0 Å². The summed E-state index contributed by atoms with van der Waals surface area (Å²) in [5.41, 5.74) is 4.77. The summed E-state index contributed by atoms with van der Waals surface area (Å²) >= 11 is 0. The van der Waals surface area contributed by atoms with E-state index in [1.165, 1.54) is 16.8 Å². The minimum absolute atomic E-state index is 0.0302. The van der Waals surface area contributed by atoms with Gasteiger partial charge in [0.25, 0.3) is 0 Å². The largest absolute Gasteiger partial charge is 0.391 e. The molecular weight excluding hydrogens is 304 g/mol. The molecule has 1 atom stereocenters. The van der Waals surface area contributed by atoms with Crippen molar-refractivity contribution < 1.29 is 22.7 Å². The second-order valence-electron chi connectivity index (χ2n) is 3.87. The summed E-state index contributed by atoms with van der Waals surface area (Å²) in [4.78, 5) is 14.9. The van der Waals surface area contributed by atoms with Crippen LogP contribution in [0.15, 0.2) is 17.1 Å². The summed E-state index contributed by atoms with van der Waals surface area (Å²) in [6.45, 7) is 3.03. The molecule has 0 amide bonds. The normalized spacial score (nSPS) is 13.3. The Labute approximate surface area is 121 Å². The molecule has 8 nitrogen and oxygen atoms in total. The molecule has 0 aliphatic heterocycles. The molecule has 1 aromatic heterocycles. The highest BCUT2D eigenvalue weighted by atomic mass is 31.2. The van der Waals surface area contributed by atoms with E-state index in [1.54, 1.807) is 13.8 Å². The summed E-state index contributed by atoms with van der Waals surface area (Å²) in [6, 6.07) is 1.43. The van der Waals surface area contributed by atoms with Crippen molar-refractivity contribution in [3.05, 3.63) is 22.7 Å². The average molecular weight is 323 g/mol. The second kappa shape index (κ2) is 8.23. The molecule has 1 aromatic rings. The molecule has 0 aliphatic carbocycles. The summed E-state index contributed by atoms with van der Waals surface area (Å²) in [6.07, 6.45) is -0.804. The van der Waals surface area contributed by atoms with Gasteiger partial charge in [-0.05, 0) is 19.9 Å². The van der Waals surface area contributed by atoms with Gasteiger partial charge in [0.15, 0.2) is 0 Å². The summed E-state index contributed by atoms with van der Waals surface area (Å²) in [5, 5.41) is 0. The molecule has 0 saturated carbocycles. The molecule has 2 N–H and O–H groups in total. The molecule has 10 heteroatoms. The van der Waals surface area contributed by atoms with Crippen molar-refractivity contribution in [2.45, 2.75) is 26.5 Å². The minimum Gasteiger partial charge on any atom is -0.383 e.